The topological polar surface area (TPSA) is 32.3 Å². The molecule has 4 heteroatoms. The molecule has 0 bridgehead atoms. The molecule has 0 radical (unpaired) electrons. The Hall–Kier alpha value is -1.03. The molecule has 0 spiro atoms. The second-order valence-electron chi connectivity index (χ2n) is 4.48. The molecule has 0 saturated carbocycles. The van der Waals surface area contributed by atoms with E-state index in [0.29, 0.717) is 6.04 Å². The Morgan fingerprint density at radius 1 is 1.39 bits per heavy atom. The van der Waals surface area contributed by atoms with E-state index in [2.05, 4.69) is 11.4 Å². The normalized spacial score (nSPS) is 17.8. The second kappa shape index (κ2) is 4.92. The number of anilines is 1. The Morgan fingerprint density at radius 2 is 2.22 bits per heavy atom. The molecule has 94 valence electrons. The van der Waals surface area contributed by atoms with Crippen molar-refractivity contribution in [3.05, 3.63) is 50.7 Å². The maximum Gasteiger partial charge on any atom is 0.0934 e. The van der Waals surface area contributed by atoms with E-state index in [-0.39, 0.29) is 6.61 Å². The number of hydrogen-bond donors (Lipinski definition) is 2. The maximum absolute atomic E-state index is 9.33. The summed E-state index contributed by atoms with van der Waals surface area (Å²) in [5, 5.41) is 12.9. The van der Waals surface area contributed by atoms with Crippen LogP contribution in [0.25, 0.3) is 0 Å². The van der Waals surface area contributed by atoms with Crippen molar-refractivity contribution < 1.29 is 5.11 Å². The molecule has 1 aromatic carbocycles. The number of hydrogen-bond acceptors (Lipinski definition) is 3. The minimum atomic E-state index is 0.0626. The van der Waals surface area contributed by atoms with Crippen molar-refractivity contribution >= 4 is 28.6 Å². The van der Waals surface area contributed by atoms with Crippen LogP contribution in [0.4, 0.5) is 5.69 Å². The van der Waals surface area contributed by atoms with Crippen molar-refractivity contribution in [3.8, 4) is 0 Å². The molecule has 2 N–H and O–H groups in total. The molecule has 1 aliphatic rings. The highest BCUT2D eigenvalue weighted by molar-refractivity contribution is 7.16. The molecule has 18 heavy (non-hydrogen) atoms. The van der Waals surface area contributed by atoms with Crippen LogP contribution in [0, 0.1) is 0 Å². The maximum atomic E-state index is 9.33. The quantitative estimate of drug-likeness (QED) is 0.890. The first-order valence-electron chi connectivity index (χ1n) is 6.01. The van der Waals surface area contributed by atoms with Gasteiger partial charge in [0.25, 0.3) is 0 Å². The number of benzene rings is 1. The lowest BCUT2D eigenvalue weighted by atomic mass is 10.1. The number of aliphatic hydroxyl groups is 1. The van der Waals surface area contributed by atoms with Crippen LogP contribution in [0.1, 0.15) is 28.5 Å². The highest BCUT2D eigenvalue weighted by Gasteiger charge is 2.25. The van der Waals surface area contributed by atoms with E-state index < -0.39 is 0 Å². The number of fused-ring (bicyclic) bond motifs is 1. The molecule has 0 amide bonds. The first kappa shape index (κ1) is 12.0. The zero-order valence-electron chi connectivity index (χ0n) is 9.82. The van der Waals surface area contributed by atoms with Crippen LogP contribution in [0.5, 0.6) is 0 Å². The summed E-state index contributed by atoms with van der Waals surface area (Å²) in [7, 11) is 0. The number of aliphatic hydroxyl groups excluding tert-OH is 1. The number of rotatable bonds is 3. The van der Waals surface area contributed by atoms with Crippen molar-refractivity contribution in [2.75, 3.05) is 5.32 Å². The summed E-state index contributed by atoms with van der Waals surface area (Å²) in [6.07, 6.45) is 2.18. The number of nitrogens with one attached hydrogen (secondary N) is 1. The van der Waals surface area contributed by atoms with Gasteiger partial charge in [0.1, 0.15) is 0 Å². The summed E-state index contributed by atoms with van der Waals surface area (Å²) in [6.45, 7) is 0.0626. The van der Waals surface area contributed by atoms with E-state index in [1.807, 2.05) is 24.3 Å². The van der Waals surface area contributed by atoms with Crippen molar-refractivity contribution in [1.82, 2.24) is 0 Å². The molecule has 1 aromatic heterocycles. The molecular weight excluding hydrogens is 266 g/mol. The van der Waals surface area contributed by atoms with E-state index in [1.165, 1.54) is 10.4 Å². The minimum Gasteiger partial charge on any atom is -0.392 e. The molecule has 0 aliphatic heterocycles. The number of thiophene rings is 1. The third kappa shape index (κ3) is 2.14. The third-order valence-electron chi connectivity index (χ3n) is 3.36. The first-order chi connectivity index (χ1) is 8.78. The van der Waals surface area contributed by atoms with Crippen LogP contribution in [-0.2, 0) is 13.0 Å². The summed E-state index contributed by atoms with van der Waals surface area (Å²) < 4.78 is 0.863. The molecule has 0 saturated heterocycles. The van der Waals surface area contributed by atoms with Gasteiger partial charge in [-0.05, 0) is 30.5 Å². The molecule has 0 fully saturated rings. The van der Waals surface area contributed by atoms with Crippen LogP contribution in [0.15, 0.2) is 30.3 Å². The van der Waals surface area contributed by atoms with Gasteiger partial charge in [0, 0.05) is 16.1 Å². The van der Waals surface area contributed by atoms with Gasteiger partial charge >= 0.3 is 0 Å². The zero-order chi connectivity index (χ0) is 12.5. The number of para-hydroxylation sites is 1. The molecule has 2 aromatic rings. The Labute approximate surface area is 115 Å². The highest BCUT2D eigenvalue weighted by Crippen LogP contribution is 2.41. The molecule has 1 heterocycles. The van der Waals surface area contributed by atoms with Gasteiger partial charge in [-0.3, -0.25) is 0 Å². The van der Waals surface area contributed by atoms with Gasteiger partial charge in [0.2, 0.25) is 0 Å². The lowest BCUT2D eigenvalue weighted by Crippen LogP contribution is -2.08. The van der Waals surface area contributed by atoms with Gasteiger partial charge in [-0.25, -0.2) is 0 Å². The lowest BCUT2D eigenvalue weighted by Gasteiger charge is -2.17. The van der Waals surface area contributed by atoms with Crippen LogP contribution in [0.3, 0.4) is 0 Å². The van der Waals surface area contributed by atoms with E-state index in [0.717, 1.165) is 28.4 Å². The molecule has 1 aliphatic carbocycles. The SMILES string of the molecule is OCc1ccccc1NC1CCc2sc(Cl)cc21. The third-order valence-corrected chi connectivity index (χ3v) is 4.70. The van der Waals surface area contributed by atoms with Crippen molar-refractivity contribution in [3.63, 3.8) is 0 Å². The summed E-state index contributed by atoms with van der Waals surface area (Å²) in [5.41, 5.74) is 3.27. The molecule has 1 unspecified atom stereocenters. The molecule has 2 nitrogen and oxygen atoms in total. The van der Waals surface area contributed by atoms with Crippen LogP contribution >= 0.6 is 22.9 Å². The monoisotopic (exact) mass is 279 g/mol. The first-order valence-corrected chi connectivity index (χ1v) is 7.21. The largest absolute Gasteiger partial charge is 0.392 e. The predicted molar refractivity (Wildman–Crippen MR) is 76.4 cm³/mol. The molecule has 3 rings (SSSR count). The predicted octanol–water partition coefficient (Wildman–Crippen LogP) is 3.99. The highest BCUT2D eigenvalue weighted by atomic mass is 35.5. The Bertz CT molecular complexity index is 567. The van der Waals surface area contributed by atoms with Gasteiger partial charge < -0.3 is 10.4 Å². The van der Waals surface area contributed by atoms with Crippen molar-refractivity contribution in [2.45, 2.75) is 25.5 Å². The van der Waals surface area contributed by atoms with E-state index in [4.69, 9.17) is 11.6 Å². The average molecular weight is 280 g/mol. The van der Waals surface area contributed by atoms with Gasteiger partial charge in [0.05, 0.1) is 17.0 Å². The molecular formula is C14H14ClNOS. The summed E-state index contributed by atoms with van der Waals surface area (Å²) in [5.74, 6) is 0. The average Bonchev–Trinajstić information content (AvgIpc) is 2.91. The summed E-state index contributed by atoms with van der Waals surface area (Å²) in [4.78, 5) is 1.39. The summed E-state index contributed by atoms with van der Waals surface area (Å²) >= 11 is 7.73. The zero-order valence-corrected chi connectivity index (χ0v) is 11.4. The fourth-order valence-electron chi connectivity index (χ4n) is 2.47. The van der Waals surface area contributed by atoms with Gasteiger partial charge in [0.15, 0.2) is 0 Å². The number of halogens is 1. The van der Waals surface area contributed by atoms with E-state index >= 15 is 0 Å². The standard InChI is InChI=1S/C14H14ClNOS/c15-14-7-10-12(5-6-13(10)18-14)16-11-4-2-1-3-9(11)8-17/h1-4,7,12,16-17H,5-6,8H2. The second-order valence-corrected chi connectivity index (χ2v) is 6.25. The number of aryl methyl sites for hydroxylation is 1. The lowest BCUT2D eigenvalue weighted by molar-refractivity contribution is 0.282. The van der Waals surface area contributed by atoms with Gasteiger partial charge in [-0.15, -0.1) is 11.3 Å². The minimum absolute atomic E-state index is 0.0626. The van der Waals surface area contributed by atoms with Gasteiger partial charge in [-0.2, -0.15) is 0 Å². The fourth-order valence-corrected chi connectivity index (χ4v) is 3.82. The smallest absolute Gasteiger partial charge is 0.0934 e. The Balaban J connectivity index is 1.86. The van der Waals surface area contributed by atoms with E-state index in [1.54, 1.807) is 11.3 Å². The van der Waals surface area contributed by atoms with Crippen molar-refractivity contribution in [2.24, 2.45) is 0 Å². The van der Waals surface area contributed by atoms with Crippen LogP contribution < -0.4 is 5.32 Å². The van der Waals surface area contributed by atoms with Crippen LogP contribution in [0.2, 0.25) is 4.34 Å². The van der Waals surface area contributed by atoms with Gasteiger partial charge in [-0.1, -0.05) is 29.8 Å². The fraction of sp³-hybridized carbons (Fsp3) is 0.286. The van der Waals surface area contributed by atoms with Crippen molar-refractivity contribution in [1.29, 1.82) is 0 Å². The Kier molecular flexibility index (Phi) is 3.29. The van der Waals surface area contributed by atoms with Crippen LogP contribution in [-0.4, -0.2) is 5.11 Å². The van der Waals surface area contributed by atoms with E-state index in [9.17, 15) is 5.11 Å². The Morgan fingerprint density at radius 3 is 3.06 bits per heavy atom. The molecule has 1 atom stereocenters. The summed E-state index contributed by atoms with van der Waals surface area (Å²) in [6, 6.07) is 10.3.